The number of phenols is 1. The van der Waals surface area contributed by atoms with Crippen LogP contribution in [0.1, 0.15) is 41.7 Å². The number of aliphatic hydroxyl groups is 2. The Morgan fingerprint density at radius 1 is 0.971 bits per heavy atom. The minimum atomic E-state index is -1.61. The molecule has 2 amide bonds. The third kappa shape index (κ3) is 2.63. The number of imide groups is 1. The summed E-state index contributed by atoms with van der Waals surface area (Å²) >= 11 is 0. The minimum absolute atomic E-state index is 0.0437. The van der Waals surface area contributed by atoms with Crippen molar-refractivity contribution in [1.29, 1.82) is 0 Å². The van der Waals surface area contributed by atoms with Crippen molar-refractivity contribution in [2.45, 2.75) is 38.1 Å². The van der Waals surface area contributed by atoms with E-state index < -0.39 is 41.0 Å². The maximum Gasteiger partial charge on any atom is 0.238 e. The number of aliphatic hydroxyl groups excluding tert-OH is 2. The smallest absolute Gasteiger partial charge is 0.238 e. The van der Waals surface area contributed by atoms with E-state index in [1.54, 1.807) is 36.4 Å². The molecule has 3 aromatic carbocycles. The van der Waals surface area contributed by atoms with Crippen LogP contribution in [0.4, 0.5) is 0 Å². The first-order chi connectivity index (χ1) is 16.7. The van der Waals surface area contributed by atoms with Crippen molar-refractivity contribution in [3.05, 3.63) is 65.2 Å². The standard InChI is InChI=1S/C27H25NO7/c1-13-8-14-6-7-15(29)10-18(14)20(9-13)35-23-17-4-3-5-19(34-2)21(17)22(31)26-11-16(30)12-27(23,26)25(33)28-24(26)32/h3-10,16,22-23,29-31H,11-12H2,1-2H3,(H,28,32,33). The molecular formula is C27H25NO7. The molecule has 5 atom stereocenters. The maximum atomic E-state index is 13.6. The summed E-state index contributed by atoms with van der Waals surface area (Å²) in [5.74, 6) is -0.348. The fourth-order valence-corrected chi connectivity index (χ4v) is 6.65. The molecule has 8 nitrogen and oxygen atoms in total. The number of aromatic hydroxyl groups is 1. The van der Waals surface area contributed by atoms with Crippen LogP contribution in [0, 0.1) is 17.8 Å². The van der Waals surface area contributed by atoms with Crippen LogP contribution in [0.15, 0.2) is 48.5 Å². The minimum Gasteiger partial charge on any atom is -0.508 e. The number of rotatable bonds is 3. The first kappa shape index (κ1) is 21.9. The number of ether oxygens (including phenoxy) is 2. The van der Waals surface area contributed by atoms with Crippen LogP contribution in [-0.2, 0) is 9.59 Å². The summed E-state index contributed by atoms with van der Waals surface area (Å²) in [6, 6.07) is 13.9. The van der Waals surface area contributed by atoms with Crippen LogP contribution in [-0.4, -0.2) is 40.3 Å². The van der Waals surface area contributed by atoms with E-state index in [4.69, 9.17) is 9.47 Å². The van der Waals surface area contributed by atoms with Crippen molar-refractivity contribution >= 4 is 22.6 Å². The molecular weight excluding hydrogens is 450 g/mol. The number of methoxy groups -OCH3 is 1. The number of carbonyl (C=O) groups excluding carboxylic acids is 2. The molecule has 3 aliphatic rings. The van der Waals surface area contributed by atoms with Gasteiger partial charge in [0, 0.05) is 16.5 Å². The summed E-state index contributed by atoms with van der Waals surface area (Å²) in [5.41, 5.74) is -1.36. The fourth-order valence-electron chi connectivity index (χ4n) is 6.65. The van der Waals surface area contributed by atoms with Gasteiger partial charge < -0.3 is 24.8 Å². The zero-order chi connectivity index (χ0) is 24.7. The molecule has 0 radical (unpaired) electrons. The number of fused-ring (bicyclic) bond motifs is 2. The van der Waals surface area contributed by atoms with Crippen molar-refractivity contribution < 1.29 is 34.4 Å². The molecule has 1 saturated carbocycles. The van der Waals surface area contributed by atoms with Gasteiger partial charge in [-0.15, -0.1) is 0 Å². The second-order valence-corrected chi connectivity index (χ2v) is 9.82. The molecule has 2 aliphatic carbocycles. The zero-order valence-electron chi connectivity index (χ0n) is 19.2. The van der Waals surface area contributed by atoms with Gasteiger partial charge >= 0.3 is 0 Å². The second-order valence-electron chi connectivity index (χ2n) is 9.82. The van der Waals surface area contributed by atoms with Gasteiger partial charge in [-0.25, -0.2) is 0 Å². The van der Waals surface area contributed by atoms with Crippen LogP contribution < -0.4 is 14.8 Å². The topological polar surface area (TPSA) is 125 Å². The molecule has 1 aliphatic heterocycles. The predicted octanol–water partition coefficient (Wildman–Crippen LogP) is 2.81. The van der Waals surface area contributed by atoms with Crippen LogP contribution in [0.25, 0.3) is 10.8 Å². The van der Waals surface area contributed by atoms with Gasteiger partial charge in [0.05, 0.1) is 19.3 Å². The molecule has 180 valence electrons. The predicted molar refractivity (Wildman–Crippen MR) is 125 cm³/mol. The summed E-state index contributed by atoms with van der Waals surface area (Å²) in [7, 11) is 1.47. The summed E-state index contributed by atoms with van der Waals surface area (Å²) in [6.45, 7) is 1.91. The third-order valence-electron chi connectivity index (χ3n) is 8.03. The molecule has 1 saturated heterocycles. The Bertz CT molecular complexity index is 1420. The monoisotopic (exact) mass is 475 g/mol. The highest BCUT2D eigenvalue weighted by Crippen LogP contribution is 2.71. The lowest BCUT2D eigenvalue weighted by Crippen LogP contribution is -2.53. The summed E-state index contributed by atoms with van der Waals surface area (Å²) < 4.78 is 12.2. The molecule has 0 aromatic heterocycles. The van der Waals surface area contributed by atoms with E-state index in [1.807, 2.05) is 19.1 Å². The second kappa shape index (κ2) is 7.19. The molecule has 1 heterocycles. The SMILES string of the molecule is COc1cccc2c1C(O)C13CC(O)CC1(C(=O)NC3=O)C2Oc1cc(C)cc2ccc(O)cc12. The molecule has 0 bridgehead atoms. The van der Waals surface area contributed by atoms with E-state index >= 15 is 0 Å². The highest BCUT2D eigenvalue weighted by molar-refractivity contribution is 6.11. The molecule has 8 heteroatoms. The number of benzene rings is 3. The summed E-state index contributed by atoms with van der Waals surface area (Å²) in [6.07, 6.45) is -3.50. The number of nitrogens with one attached hydrogen (secondary N) is 1. The molecule has 35 heavy (non-hydrogen) atoms. The number of phenolic OH excluding ortho intramolecular Hbond substituents is 1. The average Bonchev–Trinajstić information content (AvgIpc) is 3.26. The van der Waals surface area contributed by atoms with Gasteiger partial charge in [-0.1, -0.05) is 24.3 Å². The first-order valence-corrected chi connectivity index (χ1v) is 11.5. The van der Waals surface area contributed by atoms with E-state index in [2.05, 4.69) is 5.32 Å². The number of hydrogen-bond donors (Lipinski definition) is 4. The Labute approximate surface area is 201 Å². The van der Waals surface area contributed by atoms with Crippen LogP contribution in [0.5, 0.6) is 17.2 Å². The lowest BCUT2D eigenvalue weighted by molar-refractivity contribution is -0.159. The van der Waals surface area contributed by atoms with Gasteiger partial charge in [0.15, 0.2) is 0 Å². The number of aryl methyl sites for hydroxylation is 1. The van der Waals surface area contributed by atoms with Crippen LogP contribution in [0.2, 0.25) is 0 Å². The molecule has 6 rings (SSSR count). The lowest BCUT2D eigenvalue weighted by Gasteiger charge is -2.49. The Hall–Kier alpha value is -3.62. The normalized spacial score (nSPS) is 31.0. The number of carbonyl (C=O) groups is 2. The molecule has 3 aromatic rings. The number of hydrogen-bond acceptors (Lipinski definition) is 7. The zero-order valence-corrected chi connectivity index (χ0v) is 19.2. The molecule has 2 fully saturated rings. The van der Waals surface area contributed by atoms with E-state index in [0.717, 1.165) is 10.9 Å². The van der Waals surface area contributed by atoms with Gasteiger partial charge in [-0.2, -0.15) is 0 Å². The van der Waals surface area contributed by atoms with E-state index in [0.29, 0.717) is 28.0 Å². The van der Waals surface area contributed by atoms with Crippen molar-refractivity contribution in [2.75, 3.05) is 7.11 Å². The highest BCUT2D eigenvalue weighted by Gasteiger charge is 2.79. The van der Waals surface area contributed by atoms with Gasteiger partial charge in [0.25, 0.3) is 0 Å². The summed E-state index contributed by atoms with van der Waals surface area (Å²) in [4.78, 5) is 26.9. The van der Waals surface area contributed by atoms with Crippen molar-refractivity contribution in [1.82, 2.24) is 5.32 Å². The van der Waals surface area contributed by atoms with E-state index in [-0.39, 0.29) is 18.6 Å². The Morgan fingerprint density at radius 3 is 2.49 bits per heavy atom. The third-order valence-corrected chi connectivity index (χ3v) is 8.03. The van der Waals surface area contributed by atoms with Crippen LogP contribution >= 0.6 is 0 Å². The van der Waals surface area contributed by atoms with Crippen molar-refractivity contribution in [2.24, 2.45) is 10.8 Å². The fraction of sp³-hybridized carbons (Fsp3) is 0.333. The van der Waals surface area contributed by atoms with E-state index in [9.17, 15) is 24.9 Å². The molecule has 0 spiro atoms. The quantitative estimate of drug-likeness (QED) is 0.429. The Kier molecular flexibility index (Phi) is 4.50. The Balaban J connectivity index is 1.65. The first-order valence-electron chi connectivity index (χ1n) is 11.5. The molecule has 5 unspecified atom stereocenters. The highest BCUT2D eigenvalue weighted by atomic mass is 16.5. The van der Waals surface area contributed by atoms with Gasteiger partial charge in [-0.3, -0.25) is 14.9 Å². The van der Waals surface area contributed by atoms with E-state index in [1.165, 1.54) is 7.11 Å². The van der Waals surface area contributed by atoms with Crippen molar-refractivity contribution in [3.8, 4) is 17.2 Å². The largest absolute Gasteiger partial charge is 0.508 e. The average molecular weight is 475 g/mol. The Morgan fingerprint density at radius 2 is 1.71 bits per heavy atom. The van der Waals surface area contributed by atoms with Crippen LogP contribution in [0.3, 0.4) is 0 Å². The summed E-state index contributed by atoms with van der Waals surface area (Å²) in [5, 5.41) is 36.5. The van der Waals surface area contributed by atoms with Gasteiger partial charge in [0.1, 0.15) is 34.2 Å². The van der Waals surface area contributed by atoms with Gasteiger partial charge in [-0.05, 0) is 55.0 Å². The maximum absolute atomic E-state index is 13.6. The van der Waals surface area contributed by atoms with Crippen molar-refractivity contribution in [3.63, 3.8) is 0 Å². The lowest BCUT2D eigenvalue weighted by atomic mass is 9.54. The number of amides is 2. The van der Waals surface area contributed by atoms with Gasteiger partial charge in [0.2, 0.25) is 11.8 Å². The molecule has 4 N–H and O–H groups in total.